The number of hydrogen-bond donors (Lipinski definition) is 1. The first-order chi connectivity index (χ1) is 8.70. The molecular weight excluding hydrogens is 260 g/mol. The molecule has 0 atom stereocenters. The van der Waals surface area contributed by atoms with Crippen molar-refractivity contribution in [1.29, 1.82) is 0 Å². The summed E-state index contributed by atoms with van der Waals surface area (Å²) in [5, 5.41) is 0.625. The van der Waals surface area contributed by atoms with Crippen LogP contribution in [0.5, 0.6) is 0 Å². The SMILES string of the molecule is Cc1ccc(/C=C/c2ccc3nc(N)sc3c2)s1. The maximum absolute atomic E-state index is 5.70. The third kappa shape index (κ3) is 2.30. The third-order valence-electron chi connectivity index (χ3n) is 2.63. The van der Waals surface area contributed by atoms with Crippen LogP contribution in [0.1, 0.15) is 15.3 Å². The summed E-state index contributed by atoms with van der Waals surface area (Å²) in [6.07, 6.45) is 4.27. The second kappa shape index (κ2) is 4.55. The highest BCUT2D eigenvalue weighted by atomic mass is 32.1. The van der Waals surface area contributed by atoms with Crippen molar-refractivity contribution in [3.63, 3.8) is 0 Å². The van der Waals surface area contributed by atoms with Gasteiger partial charge in [0.25, 0.3) is 0 Å². The van der Waals surface area contributed by atoms with Gasteiger partial charge < -0.3 is 5.73 Å². The number of thiazole rings is 1. The van der Waals surface area contributed by atoms with Crippen LogP contribution in [0.25, 0.3) is 22.4 Å². The maximum atomic E-state index is 5.70. The molecule has 2 nitrogen and oxygen atoms in total. The zero-order valence-electron chi connectivity index (χ0n) is 9.88. The molecule has 0 spiro atoms. The number of thiophene rings is 1. The number of aromatic nitrogens is 1. The largest absolute Gasteiger partial charge is 0.375 e. The molecule has 4 heteroatoms. The Morgan fingerprint density at radius 1 is 1.11 bits per heavy atom. The Morgan fingerprint density at radius 3 is 2.78 bits per heavy atom. The number of nitrogens with two attached hydrogens (primary N) is 1. The monoisotopic (exact) mass is 272 g/mol. The second-order valence-electron chi connectivity index (χ2n) is 4.06. The molecule has 0 saturated carbocycles. The Labute approximate surface area is 113 Å². The van der Waals surface area contributed by atoms with E-state index in [4.69, 9.17) is 5.73 Å². The minimum Gasteiger partial charge on any atom is -0.375 e. The molecule has 2 aromatic heterocycles. The topological polar surface area (TPSA) is 38.9 Å². The van der Waals surface area contributed by atoms with Gasteiger partial charge in [-0.15, -0.1) is 11.3 Å². The summed E-state index contributed by atoms with van der Waals surface area (Å²) < 4.78 is 1.14. The Balaban J connectivity index is 1.92. The van der Waals surface area contributed by atoms with Crippen LogP contribution in [0.4, 0.5) is 5.13 Å². The lowest BCUT2D eigenvalue weighted by Crippen LogP contribution is -1.78. The van der Waals surface area contributed by atoms with Crippen LogP contribution < -0.4 is 5.73 Å². The zero-order valence-corrected chi connectivity index (χ0v) is 11.5. The minimum absolute atomic E-state index is 0.625. The lowest BCUT2D eigenvalue weighted by atomic mass is 10.2. The summed E-state index contributed by atoms with van der Waals surface area (Å²) in [4.78, 5) is 6.86. The highest BCUT2D eigenvalue weighted by Gasteiger charge is 2.00. The van der Waals surface area contributed by atoms with Crippen molar-refractivity contribution in [2.45, 2.75) is 6.92 Å². The number of nitrogens with zero attached hydrogens (tertiary/aromatic N) is 1. The van der Waals surface area contributed by atoms with Crippen molar-refractivity contribution in [3.8, 4) is 0 Å². The molecule has 3 aromatic rings. The standard InChI is InChI=1S/C14H12N2S2/c1-9-2-5-11(17-9)6-3-10-4-7-12-13(8-10)18-14(15)16-12/h2-8H,1H3,(H2,15,16)/b6-3+. The van der Waals surface area contributed by atoms with E-state index in [1.807, 2.05) is 6.07 Å². The average Bonchev–Trinajstić information content (AvgIpc) is 2.90. The van der Waals surface area contributed by atoms with E-state index in [1.54, 1.807) is 11.3 Å². The first-order valence-electron chi connectivity index (χ1n) is 5.61. The van der Waals surface area contributed by atoms with E-state index >= 15 is 0 Å². The Hall–Kier alpha value is -1.65. The summed E-state index contributed by atoms with van der Waals surface area (Å²) in [7, 11) is 0. The molecule has 0 aliphatic heterocycles. The first-order valence-corrected chi connectivity index (χ1v) is 7.24. The molecule has 18 heavy (non-hydrogen) atoms. The van der Waals surface area contributed by atoms with Crippen LogP contribution >= 0.6 is 22.7 Å². The molecule has 0 bridgehead atoms. The van der Waals surface area contributed by atoms with Crippen molar-refractivity contribution in [2.75, 3.05) is 5.73 Å². The van der Waals surface area contributed by atoms with Crippen LogP contribution in [-0.4, -0.2) is 4.98 Å². The normalized spacial score (nSPS) is 11.6. The van der Waals surface area contributed by atoms with Gasteiger partial charge in [0, 0.05) is 9.75 Å². The van der Waals surface area contributed by atoms with E-state index in [0.29, 0.717) is 5.13 Å². The van der Waals surface area contributed by atoms with Crippen LogP contribution in [0.15, 0.2) is 30.3 Å². The molecule has 0 aliphatic carbocycles. The highest BCUT2D eigenvalue weighted by molar-refractivity contribution is 7.22. The summed E-state index contributed by atoms with van der Waals surface area (Å²) in [5.41, 5.74) is 7.85. The fourth-order valence-corrected chi connectivity index (χ4v) is 3.35. The van der Waals surface area contributed by atoms with E-state index in [0.717, 1.165) is 10.2 Å². The van der Waals surface area contributed by atoms with Crippen LogP contribution in [0.3, 0.4) is 0 Å². The first kappa shape index (κ1) is 11.4. The number of rotatable bonds is 2. The minimum atomic E-state index is 0.625. The molecule has 2 N–H and O–H groups in total. The molecule has 3 rings (SSSR count). The number of benzene rings is 1. The van der Waals surface area contributed by atoms with Gasteiger partial charge in [0.2, 0.25) is 0 Å². The predicted molar refractivity (Wildman–Crippen MR) is 82.0 cm³/mol. The fourth-order valence-electron chi connectivity index (χ4n) is 1.78. The molecule has 2 heterocycles. The zero-order chi connectivity index (χ0) is 12.5. The van der Waals surface area contributed by atoms with Gasteiger partial charge in [-0.2, -0.15) is 0 Å². The molecule has 90 valence electrons. The van der Waals surface area contributed by atoms with Gasteiger partial charge in [-0.3, -0.25) is 0 Å². The lowest BCUT2D eigenvalue weighted by Gasteiger charge is -1.92. The van der Waals surface area contributed by atoms with Crippen LogP contribution in [0.2, 0.25) is 0 Å². The van der Waals surface area contributed by atoms with Gasteiger partial charge in [0.05, 0.1) is 10.2 Å². The van der Waals surface area contributed by atoms with Gasteiger partial charge >= 0.3 is 0 Å². The second-order valence-corrected chi connectivity index (χ2v) is 6.44. The molecular formula is C14H12N2S2. The van der Waals surface area contributed by atoms with E-state index in [-0.39, 0.29) is 0 Å². The van der Waals surface area contributed by atoms with Gasteiger partial charge in [-0.05, 0) is 42.8 Å². The summed E-state index contributed by atoms with van der Waals surface area (Å²) in [5.74, 6) is 0. The van der Waals surface area contributed by atoms with E-state index < -0.39 is 0 Å². The van der Waals surface area contributed by atoms with E-state index in [2.05, 4.69) is 48.3 Å². The maximum Gasteiger partial charge on any atom is 0.181 e. The van der Waals surface area contributed by atoms with Crippen molar-refractivity contribution < 1.29 is 0 Å². The Bertz CT molecular complexity index is 722. The van der Waals surface area contributed by atoms with E-state index in [1.165, 1.54) is 26.7 Å². The summed E-state index contributed by atoms with van der Waals surface area (Å²) in [6, 6.07) is 10.5. The van der Waals surface area contributed by atoms with Crippen molar-refractivity contribution in [1.82, 2.24) is 4.98 Å². The average molecular weight is 272 g/mol. The number of anilines is 1. The van der Waals surface area contributed by atoms with Crippen LogP contribution in [-0.2, 0) is 0 Å². The number of hydrogen-bond acceptors (Lipinski definition) is 4. The van der Waals surface area contributed by atoms with Gasteiger partial charge in [-0.25, -0.2) is 4.98 Å². The lowest BCUT2D eigenvalue weighted by molar-refractivity contribution is 1.49. The highest BCUT2D eigenvalue weighted by Crippen LogP contribution is 2.25. The Morgan fingerprint density at radius 2 is 2.00 bits per heavy atom. The Kier molecular flexibility index (Phi) is 2.89. The molecule has 0 aliphatic rings. The quantitative estimate of drug-likeness (QED) is 0.750. The number of aryl methyl sites for hydroxylation is 1. The molecule has 0 saturated heterocycles. The van der Waals surface area contributed by atoms with Crippen LogP contribution in [0, 0.1) is 6.92 Å². The van der Waals surface area contributed by atoms with Crippen molar-refractivity contribution in [3.05, 3.63) is 45.6 Å². The van der Waals surface area contributed by atoms with Gasteiger partial charge in [0.1, 0.15) is 0 Å². The number of fused-ring (bicyclic) bond motifs is 1. The third-order valence-corrected chi connectivity index (χ3v) is 4.44. The summed E-state index contributed by atoms with van der Waals surface area (Å²) >= 11 is 3.33. The number of nitrogen functional groups attached to an aromatic ring is 1. The van der Waals surface area contributed by atoms with E-state index in [9.17, 15) is 0 Å². The molecule has 0 fully saturated rings. The summed E-state index contributed by atoms with van der Waals surface area (Å²) in [6.45, 7) is 2.12. The molecule has 0 radical (unpaired) electrons. The smallest absolute Gasteiger partial charge is 0.181 e. The predicted octanol–water partition coefficient (Wildman–Crippen LogP) is 4.42. The van der Waals surface area contributed by atoms with Gasteiger partial charge in [-0.1, -0.05) is 23.5 Å². The fraction of sp³-hybridized carbons (Fsp3) is 0.0714. The van der Waals surface area contributed by atoms with Gasteiger partial charge in [0.15, 0.2) is 5.13 Å². The molecule has 1 aromatic carbocycles. The van der Waals surface area contributed by atoms with Crippen molar-refractivity contribution >= 4 is 50.2 Å². The van der Waals surface area contributed by atoms with Crippen molar-refractivity contribution in [2.24, 2.45) is 0 Å². The molecule has 0 amide bonds. The molecule has 0 unspecified atom stereocenters.